The number of nitrogens with one attached hydrogen (secondary N) is 1. The molecule has 0 atom stereocenters. The molecule has 5 heteroatoms. The first-order valence-corrected chi connectivity index (χ1v) is 8.84. The molecule has 0 aliphatic carbocycles. The highest BCUT2D eigenvalue weighted by molar-refractivity contribution is 5.52. The summed E-state index contributed by atoms with van der Waals surface area (Å²) in [6, 6.07) is 10.8. The van der Waals surface area contributed by atoms with Crippen molar-refractivity contribution in [3.63, 3.8) is 0 Å². The van der Waals surface area contributed by atoms with Crippen molar-refractivity contribution >= 4 is 11.9 Å². The van der Waals surface area contributed by atoms with E-state index in [1.54, 1.807) is 12.4 Å². The first kappa shape index (κ1) is 17.4. The topological polar surface area (TPSA) is 52.2 Å². The summed E-state index contributed by atoms with van der Waals surface area (Å²) in [5.74, 6) is 0.515. The Morgan fingerprint density at radius 1 is 1.32 bits per heavy atom. The molecule has 25 heavy (non-hydrogen) atoms. The van der Waals surface area contributed by atoms with Crippen LogP contribution in [-0.2, 0) is 0 Å². The van der Waals surface area contributed by atoms with Gasteiger partial charge in [-0.1, -0.05) is 42.0 Å². The number of hydrogen-bond donors (Lipinski definition) is 1. The number of likely N-dealkylation sites (tertiary alicyclic amines) is 1. The lowest BCUT2D eigenvalue weighted by Gasteiger charge is -2.37. The Hall–Kier alpha value is -2.40. The molecule has 0 unspecified atom stereocenters. The Labute approximate surface area is 149 Å². The number of nitrogens with zero attached hydrogens (tertiary/aromatic N) is 3. The van der Waals surface area contributed by atoms with Gasteiger partial charge in [-0.05, 0) is 25.3 Å². The Morgan fingerprint density at radius 3 is 2.72 bits per heavy atom. The molecule has 1 N–H and O–H groups in total. The lowest BCUT2D eigenvalue weighted by molar-refractivity contribution is 0.226. The number of H-pyrrole nitrogens is 1. The van der Waals surface area contributed by atoms with Crippen molar-refractivity contribution in [1.82, 2.24) is 14.9 Å². The molecule has 1 aromatic carbocycles. The van der Waals surface area contributed by atoms with Crippen LogP contribution in [-0.4, -0.2) is 47.6 Å². The van der Waals surface area contributed by atoms with E-state index in [9.17, 15) is 4.79 Å². The second kappa shape index (κ2) is 8.12. The van der Waals surface area contributed by atoms with Crippen LogP contribution in [0.5, 0.6) is 0 Å². The number of rotatable bonds is 5. The minimum Gasteiger partial charge on any atom is -0.352 e. The Balaban J connectivity index is 1.54. The van der Waals surface area contributed by atoms with Crippen LogP contribution in [0.4, 0.5) is 5.82 Å². The van der Waals surface area contributed by atoms with E-state index in [0.29, 0.717) is 11.9 Å². The maximum absolute atomic E-state index is 11.9. The van der Waals surface area contributed by atoms with Crippen molar-refractivity contribution in [2.45, 2.75) is 25.8 Å². The molecule has 0 amide bonds. The molecule has 132 valence electrons. The fourth-order valence-corrected chi connectivity index (χ4v) is 3.47. The van der Waals surface area contributed by atoms with Crippen LogP contribution in [0, 0.1) is 0 Å². The van der Waals surface area contributed by atoms with Gasteiger partial charge >= 0.3 is 0 Å². The van der Waals surface area contributed by atoms with E-state index in [4.69, 9.17) is 0 Å². The predicted octanol–water partition coefficient (Wildman–Crippen LogP) is 2.77. The molecule has 0 bridgehead atoms. The van der Waals surface area contributed by atoms with Crippen LogP contribution >= 0.6 is 0 Å². The molecular formula is C20H26N4O. The van der Waals surface area contributed by atoms with E-state index in [2.05, 4.69) is 52.1 Å². The summed E-state index contributed by atoms with van der Waals surface area (Å²) in [5, 5.41) is 0. The number of piperidine rings is 1. The van der Waals surface area contributed by atoms with Gasteiger partial charge in [0.05, 0.1) is 0 Å². The van der Waals surface area contributed by atoms with E-state index < -0.39 is 0 Å². The summed E-state index contributed by atoms with van der Waals surface area (Å²) in [5.41, 5.74) is 2.51. The standard InChI is InChI=1S/C20H26N4O/c1-16(14-17-6-4-3-5-7-17)15-24-12-8-18(9-13-24)23(2)19-20(25)22-11-10-21-19/h3-7,10-11,14,18H,8-9,12-13,15H2,1-2H3,(H,22,25)/b16-14+. The quantitative estimate of drug-likeness (QED) is 0.911. The molecule has 2 aromatic rings. The van der Waals surface area contributed by atoms with Gasteiger partial charge in [-0.15, -0.1) is 0 Å². The van der Waals surface area contributed by atoms with Gasteiger partial charge in [0.25, 0.3) is 5.56 Å². The zero-order valence-corrected chi connectivity index (χ0v) is 15.0. The summed E-state index contributed by atoms with van der Waals surface area (Å²) in [6.45, 7) is 5.27. The van der Waals surface area contributed by atoms with E-state index in [1.807, 2.05) is 18.0 Å². The van der Waals surface area contributed by atoms with Gasteiger partial charge in [0.1, 0.15) is 0 Å². The molecule has 3 rings (SSSR count). The Bertz CT molecular complexity index is 761. The van der Waals surface area contributed by atoms with Gasteiger partial charge in [-0.3, -0.25) is 9.69 Å². The van der Waals surface area contributed by atoms with E-state index in [0.717, 1.165) is 32.5 Å². The maximum atomic E-state index is 11.9. The van der Waals surface area contributed by atoms with Crippen molar-refractivity contribution < 1.29 is 0 Å². The maximum Gasteiger partial charge on any atom is 0.290 e. The van der Waals surface area contributed by atoms with E-state index in [-0.39, 0.29) is 5.56 Å². The SMILES string of the molecule is C/C(=C\c1ccccc1)CN1CCC(N(C)c2ncc[nH]c2=O)CC1. The predicted molar refractivity (Wildman–Crippen MR) is 103 cm³/mol. The molecule has 1 aliphatic rings. The number of aromatic nitrogens is 2. The molecule has 2 heterocycles. The van der Waals surface area contributed by atoms with Crippen molar-refractivity contribution in [2.24, 2.45) is 0 Å². The number of aromatic amines is 1. The molecule has 0 saturated carbocycles. The minimum atomic E-state index is -0.117. The van der Waals surface area contributed by atoms with Crippen molar-refractivity contribution in [3.05, 3.63) is 64.2 Å². The number of anilines is 1. The summed E-state index contributed by atoms with van der Waals surface area (Å²) >= 11 is 0. The van der Waals surface area contributed by atoms with Gasteiger partial charge in [0.2, 0.25) is 0 Å². The smallest absolute Gasteiger partial charge is 0.290 e. The van der Waals surface area contributed by atoms with Crippen LogP contribution < -0.4 is 10.5 Å². The van der Waals surface area contributed by atoms with E-state index >= 15 is 0 Å². The summed E-state index contributed by atoms with van der Waals surface area (Å²) in [4.78, 5) is 23.4. The van der Waals surface area contributed by atoms with Gasteiger partial charge in [-0.25, -0.2) is 4.98 Å². The summed E-state index contributed by atoms with van der Waals surface area (Å²) in [7, 11) is 1.97. The highest BCUT2D eigenvalue weighted by atomic mass is 16.1. The molecule has 1 aliphatic heterocycles. The second-order valence-electron chi connectivity index (χ2n) is 6.76. The third-order valence-corrected chi connectivity index (χ3v) is 4.81. The van der Waals surface area contributed by atoms with Gasteiger partial charge in [0, 0.05) is 45.1 Å². The molecule has 1 aromatic heterocycles. The summed E-state index contributed by atoms with van der Waals surface area (Å²) < 4.78 is 0. The van der Waals surface area contributed by atoms with E-state index in [1.165, 1.54) is 11.1 Å². The molecule has 0 radical (unpaired) electrons. The van der Waals surface area contributed by atoms with Crippen molar-refractivity contribution in [2.75, 3.05) is 31.6 Å². The zero-order valence-electron chi connectivity index (χ0n) is 15.0. The van der Waals surface area contributed by atoms with Crippen molar-refractivity contribution in [1.29, 1.82) is 0 Å². The number of hydrogen-bond acceptors (Lipinski definition) is 4. The van der Waals surface area contributed by atoms with Gasteiger partial charge < -0.3 is 9.88 Å². The van der Waals surface area contributed by atoms with Crippen LogP contribution in [0.1, 0.15) is 25.3 Å². The highest BCUT2D eigenvalue weighted by Crippen LogP contribution is 2.19. The molecule has 1 saturated heterocycles. The zero-order chi connectivity index (χ0) is 17.6. The highest BCUT2D eigenvalue weighted by Gasteiger charge is 2.24. The summed E-state index contributed by atoms with van der Waals surface area (Å²) in [6.07, 6.45) is 7.56. The Morgan fingerprint density at radius 2 is 2.04 bits per heavy atom. The van der Waals surface area contributed by atoms with Gasteiger partial charge in [0.15, 0.2) is 5.82 Å². The minimum absolute atomic E-state index is 0.117. The molecule has 1 fully saturated rings. The fraction of sp³-hybridized carbons (Fsp3) is 0.400. The fourth-order valence-electron chi connectivity index (χ4n) is 3.47. The first-order valence-electron chi connectivity index (χ1n) is 8.84. The third kappa shape index (κ3) is 4.57. The average Bonchev–Trinajstić information content (AvgIpc) is 2.63. The average molecular weight is 338 g/mol. The van der Waals surface area contributed by atoms with Gasteiger partial charge in [-0.2, -0.15) is 0 Å². The van der Waals surface area contributed by atoms with Crippen LogP contribution in [0.15, 0.2) is 53.1 Å². The third-order valence-electron chi connectivity index (χ3n) is 4.81. The lowest BCUT2D eigenvalue weighted by atomic mass is 10.0. The second-order valence-corrected chi connectivity index (χ2v) is 6.76. The monoisotopic (exact) mass is 338 g/mol. The van der Waals surface area contributed by atoms with Crippen molar-refractivity contribution in [3.8, 4) is 0 Å². The molecular weight excluding hydrogens is 312 g/mol. The van der Waals surface area contributed by atoms with Crippen LogP contribution in [0.2, 0.25) is 0 Å². The van der Waals surface area contributed by atoms with Crippen LogP contribution in [0.3, 0.4) is 0 Å². The Kier molecular flexibility index (Phi) is 5.66. The largest absolute Gasteiger partial charge is 0.352 e. The lowest BCUT2D eigenvalue weighted by Crippen LogP contribution is -2.45. The molecule has 0 spiro atoms. The molecule has 5 nitrogen and oxygen atoms in total. The van der Waals surface area contributed by atoms with Crippen LogP contribution in [0.25, 0.3) is 6.08 Å². The normalized spacial score (nSPS) is 16.8. The number of benzene rings is 1. The first-order chi connectivity index (χ1) is 12.1.